The third kappa shape index (κ3) is 4.01. The zero-order chi connectivity index (χ0) is 12.9. The molecule has 0 amide bonds. The summed E-state index contributed by atoms with van der Waals surface area (Å²) in [6, 6.07) is 0.203. The SMILES string of the molecule is CCNC(COCC)c1snnc1C(C)(C)C. The maximum Gasteiger partial charge on any atom is 0.0857 e. The molecule has 1 N–H and O–H groups in total. The molecule has 98 valence electrons. The Morgan fingerprint density at radius 3 is 2.59 bits per heavy atom. The summed E-state index contributed by atoms with van der Waals surface area (Å²) in [7, 11) is 0. The number of nitrogens with one attached hydrogen (secondary N) is 1. The molecule has 1 aromatic heterocycles. The van der Waals surface area contributed by atoms with Gasteiger partial charge in [0.1, 0.15) is 0 Å². The van der Waals surface area contributed by atoms with Gasteiger partial charge in [-0.05, 0) is 25.0 Å². The summed E-state index contributed by atoms with van der Waals surface area (Å²) in [5.41, 5.74) is 1.11. The minimum absolute atomic E-state index is 0.0300. The Labute approximate surface area is 108 Å². The van der Waals surface area contributed by atoms with Crippen molar-refractivity contribution >= 4 is 11.5 Å². The summed E-state index contributed by atoms with van der Waals surface area (Å²) in [6.45, 7) is 12.9. The fraction of sp³-hybridized carbons (Fsp3) is 0.833. The molecule has 1 rings (SSSR count). The normalized spacial score (nSPS) is 13.9. The van der Waals surface area contributed by atoms with Crippen LogP contribution in [0.5, 0.6) is 0 Å². The van der Waals surface area contributed by atoms with Crippen molar-refractivity contribution < 1.29 is 4.74 Å². The van der Waals surface area contributed by atoms with Crippen molar-refractivity contribution in [2.45, 2.75) is 46.1 Å². The highest BCUT2D eigenvalue weighted by Crippen LogP contribution is 2.30. The molecule has 0 aliphatic heterocycles. The molecular weight excluding hydrogens is 234 g/mol. The van der Waals surface area contributed by atoms with E-state index in [0.717, 1.165) is 18.8 Å². The maximum absolute atomic E-state index is 5.53. The molecule has 0 aliphatic carbocycles. The third-order valence-corrected chi connectivity index (χ3v) is 3.32. The van der Waals surface area contributed by atoms with Gasteiger partial charge in [-0.25, -0.2) is 0 Å². The lowest BCUT2D eigenvalue weighted by atomic mass is 9.90. The van der Waals surface area contributed by atoms with Crippen LogP contribution in [0.4, 0.5) is 0 Å². The molecule has 0 radical (unpaired) electrons. The molecule has 4 nitrogen and oxygen atoms in total. The van der Waals surface area contributed by atoms with Crippen molar-refractivity contribution in [2.75, 3.05) is 19.8 Å². The number of hydrogen-bond donors (Lipinski definition) is 1. The molecule has 0 bridgehead atoms. The van der Waals surface area contributed by atoms with Crippen LogP contribution in [-0.2, 0) is 10.2 Å². The third-order valence-electron chi connectivity index (χ3n) is 2.48. The summed E-state index contributed by atoms with van der Waals surface area (Å²) in [4.78, 5) is 1.20. The Morgan fingerprint density at radius 2 is 2.06 bits per heavy atom. The van der Waals surface area contributed by atoms with Gasteiger partial charge in [0.05, 0.1) is 23.2 Å². The van der Waals surface area contributed by atoms with Gasteiger partial charge >= 0.3 is 0 Å². The molecule has 0 saturated heterocycles. The number of nitrogens with zero attached hydrogens (tertiary/aromatic N) is 2. The number of hydrogen-bond acceptors (Lipinski definition) is 5. The molecule has 0 aromatic carbocycles. The van der Waals surface area contributed by atoms with Crippen LogP contribution in [-0.4, -0.2) is 29.3 Å². The molecule has 1 heterocycles. The highest BCUT2D eigenvalue weighted by Gasteiger charge is 2.26. The van der Waals surface area contributed by atoms with Crippen LogP contribution in [0.15, 0.2) is 0 Å². The van der Waals surface area contributed by atoms with Gasteiger partial charge in [0.2, 0.25) is 0 Å². The Hall–Kier alpha value is -0.520. The molecule has 0 saturated carbocycles. The van der Waals surface area contributed by atoms with Gasteiger partial charge in [-0.2, -0.15) is 0 Å². The van der Waals surface area contributed by atoms with Gasteiger partial charge in [0.25, 0.3) is 0 Å². The van der Waals surface area contributed by atoms with Crippen molar-refractivity contribution in [1.82, 2.24) is 14.9 Å². The summed E-state index contributed by atoms with van der Waals surface area (Å²) in [6.07, 6.45) is 0. The van der Waals surface area contributed by atoms with E-state index in [9.17, 15) is 0 Å². The predicted molar refractivity (Wildman–Crippen MR) is 71.5 cm³/mol. The highest BCUT2D eigenvalue weighted by molar-refractivity contribution is 7.05. The van der Waals surface area contributed by atoms with E-state index in [0.29, 0.717) is 6.61 Å². The van der Waals surface area contributed by atoms with Gasteiger partial charge in [0, 0.05) is 12.0 Å². The topological polar surface area (TPSA) is 47.0 Å². The molecule has 1 atom stereocenters. The van der Waals surface area contributed by atoms with Crippen molar-refractivity contribution in [1.29, 1.82) is 0 Å². The Balaban J connectivity index is 2.89. The second-order valence-corrected chi connectivity index (χ2v) is 5.79. The van der Waals surface area contributed by atoms with Crippen LogP contribution >= 0.6 is 11.5 Å². The van der Waals surface area contributed by atoms with Crippen molar-refractivity contribution in [3.05, 3.63) is 10.6 Å². The van der Waals surface area contributed by atoms with Gasteiger partial charge in [-0.1, -0.05) is 32.2 Å². The summed E-state index contributed by atoms with van der Waals surface area (Å²) in [5.74, 6) is 0. The van der Waals surface area contributed by atoms with E-state index in [1.165, 1.54) is 16.4 Å². The predicted octanol–water partition coefficient (Wildman–Crippen LogP) is 2.52. The van der Waals surface area contributed by atoms with Crippen LogP contribution in [0.1, 0.15) is 51.2 Å². The minimum atomic E-state index is 0.0300. The van der Waals surface area contributed by atoms with E-state index in [2.05, 4.69) is 42.6 Å². The van der Waals surface area contributed by atoms with E-state index in [4.69, 9.17) is 4.74 Å². The highest BCUT2D eigenvalue weighted by atomic mass is 32.1. The zero-order valence-corrected chi connectivity index (χ0v) is 12.2. The average Bonchev–Trinajstić information content (AvgIpc) is 2.72. The molecule has 0 fully saturated rings. The van der Waals surface area contributed by atoms with Crippen molar-refractivity contribution in [2.24, 2.45) is 0 Å². The number of ether oxygens (including phenoxy) is 1. The monoisotopic (exact) mass is 257 g/mol. The molecular formula is C12H23N3OS. The Morgan fingerprint density at radius 1 is 1.35 bits per heavy atom. The zero-order valence-electron chi connectivity index (χ0n) is 11.4. The lowest BCUT2D eigenvalue weighted by Crippen LogP contribution is -2.27. The van der Waals surface area contributed by atoms with Crippen LogP contribution in [0.2, 0.25) is 0 Å². The molecule has 1 aromatic rings. The second kappa shape index (κ2) is 6.42. The van der Waals surface area contributed by atoms with Crippen LogP contribution < -0.4 is 5.32 Å². The first-order valence-electron chi connectivity index (χ1n) is 6.14. The van der Waals surface area contributed by atoms with Crippen LogP contribution in [0.25, 0.3) is 0 Å². The van der Waals surface area contributed by atoms with E-state index in [-0.39, 0.29) is 11.5 Å². The van der Waals surface area contributed by atoms with Crippen LogP contribution in [0.3, 0.4) is 0 Å². The van der Waals surface area contributed by atoms with Crippen LogP contribution in [0, 0.1) is 0 Å². The number of likely N-dealkylation sites (N-methyl/N-ethyl adjacent to an activating group) is 1. The van der Waals surface area contributed by atoms with Gasteiger partial charge in [-0.3, -0.25) is 0 Å². The Kier molecular flexibility index (Phi) is 5.49. The fourth-order valence-electron chi connectivity index (χ4n) is 1.66. The molecule has 0 spiro atoms. The van der Waals surface area contributed by atoms with Crippen molar-refractivity contribution in [3.63, 3.8) is 0 Å². The second-order valence-electron chi connectivity index (χ2n) is 5.01. The van der Waals surface area contributed by atoms with E-state index >= 15 is 0 Å². The van der Waals surface area contributed by atoms with Gasteiger partial charge in [-0.15, -0.1) is 5.10 Å². The lowest BCUT2D eigenvalue weighted by Gasteiger charge is -2.22. The first-order valence-corrected chi connectivity index (χ1v) is 6.91. The quantitative estimate of drug-likeness (QED) is 0.850. The molecule has 1 unspecified atom stereocenters. The van der Waals surface area contributed by atoms with E-state index < -0.39 is 0 Å². The molecule has 17 heavy (non-hydrogen) atoms. The fourth-order valence-corrected chi connectivity index (χ4v) is 2.58. The van der Waals surface area contributed by atoms with Gasteiger partial charge < -0.3 is 10.1 Å². The van der Waals surface area contributed by atoms with E-state index in [1.54, 1.807) is 0 Å². The van der Waals surface area contributed by atoms with E-state index in [1.807, 2.05) is 6.92 Å². The average molecular weight is 257 g/mol. The number of rotatable bonds is 6. The Bertz CT molecular complexity index is 333. The molecule has 5 heteroatoms. The summed E-state index contributed by atoms with van der Waals surface area (Å²) in [5, 5.41) is 7.71. The largest absolute Gasteiger partial charge is 0.380 e. The maximum atomic E-state index is 5.53. The first kappa shape index (κ1) is 14.5. The lowest BCUT2D eigenvalue weighted by molar-refractivity contribution is 0.124. The molecule has 0 aliphatic rings. The van der Waals surface area contributed by atoms with Crippen molar-refractivity contribution in [3.8, 4) is 0 Å². The summed E-state index contributed by atoms with van der Waals surface area (Å²) >= 11 is 1.47. The number of aromatic nitrogens is 2. The van der Waals surface area contributed by atoms with Gasteiger partial charge in [0.15, 0.2) is 0 Å². The first-order chi connectivity index (χ1) is 8.00. The smallest absolute Gasteiger partial charge is 0.0857 e. The minimum Gasteiger partial charge on any atom is -0.380 e. The standard InChI is InChI=1S/C12H23N3OS/c1-6-13-9(8-16-7-2)10-11(12(3,4)5)14-15-17-10/h9,13H,6-8H2,1-5H3. The summed E-state index contributed by atoms with van der Waals surface area (Å²) < 4.78 is 9.62.